The Hall–Kier alpha value is -3.85. The number of carbonyl (C=O) groups excluding carboxylic acids is 1. The van der Waals surface area contributed by atoms with E-state index in [0.717, 1.165) is 10.6 Å². The molecule has 3 aromatic rings. The molecule has 0 bridgehead atoms. The van der Waals surface area contributed by atoms with Crippen molar-refractivity contribution in [3.8, 4) is 5.69 Å². The normalized spacial score (nSPS) is 11.5. The van der Waals surface area contributed by atoms with Crippen LogP contribution in [0.4, 0.5) is 14.5 Å². The number of para-hydroxylation sites is 1. The lowest BCUT2D eigenvalue weighted by molar-refractivity contribution is -0.114. The zero-order chi connectivity index (χ0) is 24.3. The fourth-order valence-electron chi connectivity index (χ4n) is 3.49. The van der Waals surface area contributed by atoms with Crippen molar-refractivity contribution < 1.29 is 18.7 Å². The highest BCUT2D eigenvalue weighted by atomic mass is 19.1. The highest BCUT2D eigenvalue weighted by Crippen LogP contribution is 2.30. The molecule has 0 spiro atoms. The number of hydrazone groups is 1. The average Bonchev–Trinajstić information content (AvgIpc) is 2.79. The quantitative estimate of drug-likeness (QED) is 0.257. The number of nitrogens with zero attached hydrogens (tertiary/aromatic N) is 4. The van der Waals surface area contributed by atoms with Gasteiger partial charge in [-0.1, -0.05) is 18.7 Å². The van der Waals surface area contributed by atoms with Gasteiger partial charge in [0.25, 0.3) is 5.56 Å². The maximum atomic E-state index is 15.1. The fraction of sp³-hybridized carbons (Fsp3) is 0.208. The van der Waals surface area contributed by atoms with Crippen LogP contribution in [0.5, 0.6) is 0 Å². The number of anilines is 1. The van der Waals surface area contributed by atoms with E-state index in [1.165, 1.54) is 47.4 Å². The molecule has 172 valence electrons. The summed E-state index contributed by atoms with van der Waals surface area (Å²) in [5.74, 6) is -1.31. The minimum Gasteiger partial charge on any atom is -0.388 e. The Bertz CT molecular complexity index is 1320. The molecule has 1 amide bonds. The first-order chi connectivity index (χ1) is 15.7. The Kier molecular flexibility index (Phi) is 7.03. The summed E-state index contributed by atoms with van der Waals surface area (Å²) < 4.78 is 30.6. The minimum absolute atomic E-state index is 0.0148. The Morgan fingerprint density at radius 3 is 2.48 bits per heavy atom. The second kappa shape index (κ2) is 9.74. The predicted octanol–water partition coefficient (Wildman–Crippen LogP) is 3.52. The van der Waals surface area contributed by atoms with Gasteiger partial charge < -0.3 is 5.11 Å². The molecule has 2 aromatic carbocycles. The van der Waals surface area contributed by atoms with Gasteiger partial charge in [0.05, 0.1) is 16.8 Å². The van der Waals surface area contributed by atoms with Crippen LogP contribution in [0.1, 0.15) is 19.4 Å². The van der Waals surface area contributed by atoms with E-state index < -0.39 is 23.8 Å². The average molecular weight is 454 g/mol. The summed E-state index contributed by atoms with van der Waals surface area (Å²) in [5, 5.41) is 15.4. The summed E-state index contributed by atoms with van der Waals surface area (Å²) in [6, 6.07) is 8.32. The number of aromatic nitrogens is 1. The standard InChI is InChI=1S/C24H24F2N4O3/c1-5-29(14-32)23(13-31)27-28(4)22-11-16-17(10-20(22)26)24(33)30(12-18(16)15(2)3)21-9-7-6-8-19(21)25/h6-12,14,31H,2,5,13H2,1,3-4H3/b27-23-. The number of amides is 1. The second-order valence-corrected chi connectivity index (χ2v) is 7.39. The van der Waals surface area contributed by atoms with Gasteiger partial charge in [0, 0.05) is 25.4 Å². The van der Waals surface area contributed by atoms with Crippen LogP contribution in [0, 0.1) is 11.6 Å². The van der Waals surface area contributed by atoms with Crippen LogP contribution in [0.3, 0.4) is 0 Å². The van der Waals surface area contributed by atoms with Gasteiger partial charge in [-0.15, -0.1) is 0 Å². The van der Waals surface area contributed by atoms with Gasteiger partial charge in [-0.2, -0.15) is 5.10 Å². The number of fused-ring (bicyclic) bond motifs is 1. The highest BCUT2D eigenvalue weighted by molar-refractivity contribution is 5.95. The van der Waals surface area contributed by atoms with Gasteiger partial charge in [-0.3, -0.25) is 24.1 Å². The monoisotopic (exact) mass is 454 g/mol. The molecule has 3 rings (SSSR count). The molecule has 0 unspecified atom stereocenters. The molecular formula is C24H24F2N4O3. The van der Waals surface area contributed by atoms with E-state index >= 15 is 4.39 Å². The molecular weight excluding hydrogens is 430 g/mol. The number of benzene rings is 2. The van der Waals surface area contributed by atoms with Gasteiger partial charge in [0.1, 0.15) is 18.2 Å². The number of aliphatic hydroxyl groups is 1. The molecule has 0 atom stereocenters. The van der Waals surface area contributed by atoms with Crippen LogP contribution in [0.2, 0.25) is 0 Å². The maximum absolute atomic E-state index is 15.1. The molecule has 1 heterocycles. The Morgan fingerprint density at radius 1 is 1.21 bits per heavy atom. The predicted molar refractivity (Wildman–Crippen MR) is 126 cm³/mol. The molecule has 33 heavy (non-hydrogen) atoms. The molecule has 0 aliphatic heterocycles. The SMILES string of the molecule is C=C(C)c1cn(-c2ccccc2F)c(=O)c2cc(F)c(N(C)/N=C(/CO)N(C=O)CC)cc12. The van der Waals surface area contributed by atoms with Crippen LogP contribution in [-0.2, 0) is 4.79 Å². The molecule has 9 heteroatoms. The first-order valence-corrected chi connectivity index (χ1v) is 10.2. The van der Waals surface area contributed by atoms with Crippen molar-refractivity contribution in [3.05, 3.63) is 76.7 Å². The summed E-state index contributed by atoms with van der Waals surface area (Å²) in [4.78, 5) is 25.5. The van der Waals surface area contributed by atoms with E-state index in [-0.39, 0.29) is 29.1 Å². The lowest BCUT2D eigenvalue weighted by Crippen LogP contribution is -2.34. The summed E-state index contributed by atoms with van der Waals surface area (Å²) in [5.41, 5.74) is 0.575. The van der Waals surface area contributed by atoms with Crippen molar-refractivity contribution in [1.29, 1.82) is 0 Å². The molecule has 0 fully saturated rings. The van der Waals surface area contributed by atoms with Gasteiger partial charge in [-0.25, -0.2) is 8.78 Å². The molecule has 0 radical (unpaired) electrons. The van der Waals surface area contributed by atoms with Gasteiger partial charge in [-0.05, 0) is 49.1 Å². The highest BCUT2D eigenvalue weighted by Gasteiger charge is 2.18. The summed E-state index contributed by atoms with van der Waals surface area (Å²) >= 11 is 0. The van der Waals surface area contributed by atoms with E-state index in [1.807, 2.05) is 0 Å². The van der Waals surface area contributed by atoms with Gasteiger partial charge in [0.2, 0.25) is 6.41 Å². The van der Waals surface area contributed by atoms with E-state index in [9.17, 15) is 19.1 Å². The number of amidine groups is 1. The number of halogens is 2. The first kappa shape index (κ1) is 23.8. The lowest BCUT2D eigenvalue weighted by Gasteiger charge is -2.21. The number of pyridine rings is 1. The van der Waals surface area contributed by atoms with Crippen LogP contribution in [0.25, 0.3) is 22.0 Å². The second-order valence-electron chi connectivity index (χ2n) is 7.39. The van der Waals surface area contributed by atoms with Crippen LogP contribution < -0.4 is 10.6 Å². The minimum atomic E-state index is -0.753. The third-order valence-corrected chi connectivity index (χ3v) is 5.21. The van der Waals surface area contributed by atoms with E-state index in [1.54, 1.807) is 19.9 Å². The maximum Gasteiger partial charge on any atom is 0.263 e. The Labute approximate surface area is 189 Å². The molecule has 0 saturated heterocycles. The zero-order valence-electron chi connectivity index (χ0n) is 18.5. The molecule has 1 N–H and O–H groups in total. The number of rotatable bonds is 7. The van der Waals surface area contributed by atoms with Gasteiger partial charge >= 0.3 is 0 Å². The number of allylic oxidation sites excluding steroid dienone is 1. The fourth-order valence-corrected chi connectivity index (χ4v) is 3.49. The number of hydrogen-bond donors (Lipinski definition) is 1. The molecule has 0 saturated carbocycles. The third kappa shape index (κ3) is 4.54. The van der Waals surface area contributed by atoms with Crippen molar-refractivity contribution in [3.63, 3.8) is 0 Å². The van der Waals surface area contributed by atoms with Crippen molar-refractivity contribution in [2.24, 2.45) is 5.10 Å². The number of hydrogen-bond acceptors (Lipinski definition) is 5. The summed E-state index contributed by atoms with van der Waals surface area (Å²) in [7, 11) is 1.46. The molecule has 0 aliphatic carbocycles. The Morgan fingerprint density at radius 2 is 1.91 bits per heavy atom. The largest absolute Gasteiger partial charge is 0.388 e. The Balaban J connectivity index is 2.26. The van der Waals surface area contributed by atoms with Crippen LogP contribution >= 0.6 is 0 Å². The zero-order valence-corrected chi connectivity index (χ0v) is 18.5. The topological polar surface area (TPSA) is 78.1 Å². The van der Waals surface area contributed by atoms with E-state index in [0.29, 0.717) is 22.9 Å². The van der Waals surface area contributed by atoms with E-state index in [4.69, 9.17) is 0 Å². The van der Waals surface area contributed by atoms with Crippen molar-refractivity contribution in [2.45, 2.75) is 13.8 Å². The van der Waals surface area contributed by atoms with Crippen LogP contribution in [0.15, 0.2) is 59.1 Å². The van der Waals surface area contributed by atoms with Gasteiger partial charge in [0.15, 0.2) is 5.84 Å². The molecule has 0 aliphatic rings. The summed E-state index contributed by atoms with van der Waals surface area (Å²) in [6.07, 6.45) is 1.99. The number of aliphatic hydroxyl groups excluding tert-OH is 1. The first-order valence-electron chi connectivity index (χ1n) is 10.2. The van der Waals surface area contributed by atoms with Crippen LogP contribution in [-0.4, -0.2) is 47.0 Å². The summed E-state index contributed by atoms with van der Waals surface area (Å²) in [6.45, 7) is 7.11. The number of carbonyl (C=O) groups is 1. The smallest absolute Gasteiger partial charge is 0.263 e. The third-order valence-electron chi connectivity index (χ3n) is 5.21. The van der Waals surface area contributed by atoms with Crippen molar-refractivity contribution in [1.82, 2.24) is 9.47 Å². The number of likely N-dealkylation sites (N-methyl/N-ethyl adjacent to an activating group) is 1. The van der Waals surface area contributed by atoms with E-state index in [2.05, 4.69) is 11.7 Å². The van der Waals surface area contributed by atoms with Crippen molar-refractivity contribution >= 4 is 34.3 Å². The molecule has 7 nitrogen and oxygen atoms in total. The lowest BCUT2D eigenvalue weighted by atomic mass is 10.0. The van der Waals surface area contributed by atoms with Crippen molar-refractivity contribution in [2.75, 3.05) is 25.2 Å². The molecule has 1 aromatic heterocycles.